The van der Waals surface area contributed by atoms with Crippen molar-refractivity contribution in [1.82, 2.24) is 5.32 Å². The molecule has 1 fully saturated rings. The fourth-order valence-corrected chi connectivity index (χ4v) is 2.33. The molecule has 78 valence electrons. The van der Waals surface area contributed by atoms with Crippen LogP contribution in [0.25, 0.3) is 0 Å². The molecule has 1 heteroatoms. The molecule has 2 unspecified atom stereocenters. The molecule has 0 aromatic rings. The largest absolute Gasteiger partial charge is 0.319 e. The lowest BCUT2D eigenvalue weighted by atomic mass is 9.97. The second kappa shape index (κ2) is 4.99. The summed E-state index contributed by atoms with van der Waals surface area (Å²) in [6, 6.07) is 0. The molecule has 1 N–H and O–H groups in total. The molecule has 1 saturated carbocycles. The van der Waals surface area contributed by atoms with Gasteiger partial charge in [0.25, 0.3) is 0 Å². The van der Waals surface area contributed by atoms with Crippen molar-refractivity contribution in [1.29, 1.82) is 0 Å². The molecule has 0 amide bonds. The third-order valence-corrected chi connectivity index (χ3v) is 3.59. The van der Waals surface area contributed by atoms with Gasteiger partial charge in [-0.1, -0.05) is 39.5 Å². The molecule has 0 bridgehead atoms. The van der Waals surface area contributed by atoms with E-state index in [9.17, 15) is 0 Å². The number of rotatable bonds is 7. The van der Waals surface area contributed by atoms with Gasteiger partial charge in [-0.2, -0.15) is 0 Å². The van der Waals surface area contributed by atoms with Crippen LogP contribution in [0, 0.1) is 11.3 Å². The summed E-state index contributed by atoms with van der Waals surface area (Å²) in [5, 5.41) is 3.29. The van der Waals surface area contributed by atoms with Crippen molar-refractivity contribution in [2.24, 2.45) is 11.3 Å². The molecule has 1 rings (SSSR count). The Labute approximate surface area is 83.3 Å². The second-order valence-corrected chi connectivity index (χ2v) is 4.92. The summed E-state index contributed by atoms with van der Waals surface area (Å²) in [4.78, 5) is 0. The highest BCUT2D eigenvalue weighted by atomic mass is 14.8. The van der Waals surface area contributed by atoms with Gasteiger partial charge >= 0.3 is 0 Å². The summed E-state index contributed by atoms with van der Waals surface area (Å²) in [7, 11) is 2.07. The van der Waals surface area contributed by atoms with Crippen molar-refractivity contribution >= 4 is 0 Å². The Morgan fingerprint density at radius 1 is 1.31 bits per heavy atom. The number of unbranched alkanes of at least 4 members (excludes halogenated alkanes) is 3. The van der Waals surface area contributed by atoms with E-state index in [1.54, 1.807) is 0 Å². The van der Waals surface area contributed by atoms with Crippen LogP contribution in [-0.4, -0.2) is 13.6 Å². The Kier molecular flexibility index (Phi) is 4.24. The number of hydrogen-bond donors (Lipinski definition) is 1. The van der Waals surface area contributed by atoms with Crippen LogP contribution in [-0.2, 0) is 0 Å². The van der Waals surface area contributed by atoms with Gasteiger partial charge in [0.2, 0.25) is 0 Å². The van der Waals surface area contributed by atoms with Crippen LogP contribution in [0.1, 0.15) is 52.4 Å². The number of hydrogen-bond acceptors (Lipinski definition) is 1. The van der Waals surface area contributed by atoms with Gasteiger partial charge < -0.3 is 5.32 Å². The lowest BCUT2D eigenvalue weighted by Crippen LogP contribution is -2.13. The van der Waals surface area contributed by atoms with E-state index in [4.69, 9.17) is 0 Å². The summed E-state index contributed by atoms with van der Waals surface area (Å²) in [5.41, 5.74) is 0.705. The number of nitrogens with one attached hydrogen (secondary N) is 1. The monoisotopic (exact) mass is 183 g/mol. The first kappa shape index (κ1) is 11.0. The molecule has 1 aliphatic rings. The third kappa shape index (κ3) is 3.30. The van der Waals surface area contributed by atoms with Crippen LogP contribution in [0.4, 0.5) is 0 Å². The Morgan fingerprint density at radius 2 is 2.08 bits per heavy atom. The van der Waals surface area contributed by atoms with Gasteiger partial charge in [-0.15, -0.1) is 0 Å². The molecule has 0 aromatic heterocycles. The first-order valence-electron chi connectivity index (χ1n) is 5.87. The summed E-state index contributed by atoms with van der Waals surface area (Å²) >= 11 is 0. The Morgan fingerprint density at radius 3 is 2.69 bits per heavy atom. The van der Waals surface area contributed by atoms with Gasteiger partial charge in [-0.25, -0.2) is 0 Å². The van der Waals surface area contributed by atoms with E-state index in [0.29, 0.717) is 5.41 Å². The van der Waals surface area contributed by atoms with E-state index in [2.05, 4.69) is 26.2 Å². The van der Waals surface area contributed by atoms with Crippen molar-refractivity contribution in [3.8, 4) is 0 Å². The van der Waals surface area contributed by atoms with Gasteiger partial charge in [0.15, 0.2) is 0 Å². The maximum Gasteiger partial charge on any atom is -0.00181 e. The molecule has 0 aromatic carbocycles. The standard InChI is InChI=1S/C12H25N/c1-4-5-6-7-8-12(2)9-11(12)10-13-3/h11,13H,4-10H2,1-3H3. The molecule has 0 spiro atoms. The normalized spacial score (nSPS) is 32.1. The van der Waals surface area contributed by atoms with Crippen molar-refractivity contribution < 1.29 is 0 Å². The van der Waals surface area contributed by atoms with Crippen molar-refractivity contribution in [2.75, 3.05) is 13.6 Å². The lowest BCUT2D eigenvalue weighted by Gasteiger charge is -2.10. The Hall–Kier alpha value is -0.0400. The zero-order valence-electron chi connectivity index (χ0n) is 9.53. The predicted octanol–water partition coefficient (Wildman–Crippen LogP) is 3.20. The lowest BCUT2D eigenvalue weighted by molar-refractivity contribution is 0.425. The van der Waals surface area contributed by atoms with Crippen molar-refractivity contribution in [3.63, 3.8) is 0 Å². The van der Waals surface area contributed by atoms with Crippen molar-refractivity contribution in [2.45, 2.75) is 52.4 Å². The van der Waals surface area contributed by atoms with Crippen molar-refractivity contribution in [3.05, 3.63) is 0 Å². The average Bonchev–Trinajstić information content (AvgIpc) is 2.73. The summed E-state index contributed by atoms with van der Waals surface area (Å²) in [5.74, 6) is 0.971. The minimum absolute atomic E-state index is 0.705. The molecule has 0 aliphatic heterocycles. The van der Waals surface area contributed by atoms with Crippen LogP contribution >= 0.6 is 0 Å². The van der Waals surface area contributed by atoms with Crippen LogP contribution in [0.3, 0.4) is 0 Å². The summed E-state index contributed by atoms with van der Waals surface area (Å²) < 4.78 is 0. The maximum absolute atomic E-state index is 3.29. The minimum atomic E-state index is 0.705. The Balaban J connectivity index is 2.02. The first-order chi connectivity index (χ1) is 6.23. The minimum Gasteiger partial charge on any atom is -0.319 e. The highest BCUT2D eigenvalue weighted by Gasteiger charge is 2.48. The van der Waals surface area contributed by atoms with E-state index < -0.39 is 0 Å². The molecule has 2 atom stereocenters. The zero-order valence-corrected chi connectivity index (χ0v) is 9.53. The predicted molar refractivity (Wildman–Crippen MR) is 58.9 cm³/mol. The van der Waals surface area contributed by atoms with E-state index in [-0.39, 0.29) is 0 Å². The second-order valence-electron chi connectivity index (χ2n) is 4.92. The van der Waals surface area contributed by atoms with E-state index in [1.807, 2.05) is 0 Å². The van der Waals surface area contributed by atoms with Crippen LogP contribution in [0.15, 0.2) is 0 Å². The Bertz CT molecular complexity index is 144. The van der Waals surface area contributed by atoms with Crippen LogP contribution in [0.5, 0.6) is 0 Å². The van der Waals surface area contributed by atoms with Gasteiger partial charge in [0, 0.05) is 0 Å². The molecular formula is C12H25N. The zero-order chi connectivity index (χ0) is 9.73. The SMILES string of the molecule is CCCCCCC1(C)CC1CNC. The maximum atomic E-state index is 3.29. The topological polar surface area (TPSA) is 12.0 Å². The van der Waals surface area contributed by atoms with Gasteiger partial charge in [0.05, 0.1) is 0 Å². The molecule has 1 nitrogen and oxygen atoms in total. The summed E-state index contributed by atoms with van der Waals surface area (Å²) in [6.45, 7) is 5.97. The third-order valence-electron chi connectivity index (χ3n) is 3.59. The van der Waals surface area contributed by atoms with Crippen LogP contribution < -0.4 is 5.32 Å². The highest BCUT2D eigenvalue weighted by molar-refractivity contribution is 4.99. The molecular weight excluding hydrogens is 158 g/mol. The molecule has 13 heavy (non-hydrogen) atoms. The molecule has 0 saturated heterocycles. The van der Waals surface area contributed by atoms with Gasteiger partial charge in [-0.05, 0) is 37.8 Å². The first-order valence-corrected chi connectivity index (χ1v) is 5.87. The van der Waals surface area contributed by atoms with Gasteiger partial charge in [0.1, 0.15) is 0 Å². The molecule has 1 aliphatic carbocycles. The molecule has 0 heterocycles. The van der Waals surface area contributed by atoms with E-state index in [1.165, 1.54) is 45.1 Å². The summed E-state index contributed by atoms with van der Waals surface area (Å²) in [6.07, 6.45) is 8.59. The average molecular weight is 183 g/mol. The van der Waals surface area contributed by atoms with E-state index in [0.717, 1.165) is 5.92 Å². The van der Waals surface area contributed by atoms with Gasteiger partial charge in [-0.3, -0.25) is 0 Å². The molecule has 0 radical (unpaired) electrons. The quantitative estimate of drug-likeness (QED) is 0.598. The smallest absolute Gasteiger partial charge is 0.00181 e. The van der Waals surface area contributed by atoms with Crippen LogP contribution in [0.2, 0.25) is 0 Å². The highest BCUT2D eigenvalue weighted by Crippen LogP contribution is 2.55. The van der Waals surface area contributed by atoms with E-state index >= 15 is 0 Å². The fourth-order valence-electron chi connectivity index (χ4n) is 2.33. The fraction of sp³-hybridized carbons (Fsp3) is 1.00.